The van der Waals surface area contributed by atoms with Crippen molar-refractivity contribution in [3.63, 3.8) is 0 Å². The largest absolute Gasteiger partial charge is 0.299 e. The lowest BCUT2D eigenvalue weighted by atomic mass is 10.1. The van der Waals surface area contributed by atoms with Gasteiger partial charge in [-0.2, -0.15) is 0 Å². The van der Waals surface area contributed by atoms with Crippen molar-refractivity contribution in [1.82, 2.24) is 0 Å². The number of allylic oxidation sites excluding steroid dienone is 2. The molecule has 0 N–H and O–H groups in total. The van der Waals surface area contributed by atoms with E-state index in [-0.39, 0.29) is 0 Å². The first kappa shape index (κ1) is 7.26. The maximum Gasteiger partial charge on any atom is 0.140 e. The standard InChI is InChI=1S/C7H8O.C2H4/c8-7-4-5-1-2-6(7)3-5;1-2/h1-2,5-6H,3-4H2;1-2H2. The normalized spacial score (nSPS) is 33.8. The number of rotatable bonds is 0. The number of fused-ring (bicyclic) bond motifs is 2. The molecule has 2 aliphatic rings. The van der Waals surface area contributed by atoms with Crippen molar-refractivity contribution in [3.05, 3.63) is 25.3 Å². The van der Waals surface area contributed by atoms with Gasteiger partial charge in [-0.25, -0.2) is 0 Å². The maximum absolute atomic E-state index is 10.8. The Balaban J connectivity index is 0.000000231. The molecule has 2 unspecified atom stereocenters. The Hall–Kier alpha value is -0.850. The lowest BCUT2D eigenvalue weighted by molar-refractivity contribution is -0.119. The van der Waals surface area contributed by atoms with Gasteiger partial charge in [-0.1, -0.05) is 12.2 Å². The van der Waals surface area contributed by atoms with Gasteiger partial charge in [0.15, 0.2) is 0 Å². The second-order valence-electron chi connectivity index (χ2n) is 2.66. The molecule has 2 rings (SSSR count). The molecular formula is C9H12O. The fraction of sp³-hybridized carbons (Fsp3) is 0.444. The number of Topliss-reactive ketones (excluding diaryl/α,β-unsaturated/α-hetero) is 1. The highest BCUT2D eigenvalue weighted by Gasteiger charge is 2.33. The summed E-state index contributed by atoms with van der Waals surface area (Å²) in [5.41, 5.74) is 0. The van der Waals surface area contributed by atoms with Gasteiger partial charge >= 0.3 is 0 Å². The SMILES string of the molecule is C=C.O=C1CC2C=CC1C2. The van der Waals surface area contributed by atoms with Crippen LogP contribution >= 0.6 is 0 Å². The molecule has 0 aromatic rings. The number of ketones is 1. The predicted molar refractivity (Wildman–Crippen MR) is 41.6 cm³/mol. The van der Waals surface area contributed by atoms with Crippen LogP contribution in [-0.2, 0) is 4.79 Å². The zero-order chi connectivity index (χ0) is 7.56. The summed E-state index contributed by atoms with van der Waals surface area (Å²) in [6.07, 6.45) is 6.16. The fourth-order valence-electron chi connectivity index (χ4n) is 1.57. The second kappa shape index (κ2) is 2.82. The Bertz CT molecular complexity index is 170. The van der Waals surface area contributed by atoms with Crippen LogP contribution in [-0.4, -0.2) is 5.78 Å². The summed E-state index contributed by atoms with van der Waals surface area (Å²) in [7, 11) is 0. The summed E-state index contributed by atoms with van der Waals surface area (Å²) in [5, 5.41) is 0. The smallest absolute Gasteiger partial charge is 0.140 e. The van der Waals surface area contributed by atoms with Crippen LogP contribution < -0.4 is 0 Å². The molecule has 0 amide bonds. The van der Waals surface area contributed by atoms with Crippen molar-refractivity contribution in [2.45, 2.75) is 12.8 Å². The molecule has 0 aromatic heterocycles. The highest BCUT2D eigenvalue weighted by Crippen LogP contribution is 2.35. The summed E-state index contributed by atoms with van der Waals surface area (Å²) < 4.78 is 0. The van der Waals surface area contributed by atoms with Gasteiger partial charge in [-0.15, -0.1) is 13.2 Å². The summed E-state index contributed by atoms with van der Waals surface area (Å²) >= 11 is 0. The van der Waals surface area contributed by atoms with Gasteiger partial charge in [0.2, 0.25) is 0 Å². The van der Waals surface area contributed by atoms with Crippen molar-refractivity contribution in [2.75, 3.05) is 0 Å². The molecule has 0 aromatic carbocycles. The van der Waals surface area contributed by atoms with Crippen LogP contribution in [0.25, 0.3) is 0 Å². The molecule has 0 spiro atoms. The molecule has 2 atom stereocenters. The Morgan fingerprint density at radius 1 is 1.40 bits per heavy atom. The third kappa shape index (κ3) is 1.04. The molecule has 54 valence electrons. The van der Waals surface area contributed by atoms with E-state index in [0.29, 0.717) is 17.6 Å². The molecule has 10 heavy (non-hydrogen) atoms. The average molecular weight is 136 g/mol. The molecule has 0 radical (unpaired) electrons. The third-order valence-corrected chi connectivity index (χ3v) is 2.05. The maximum atomic E-state index is 10.8. The van der Waals surface area contributed by atoms with E-state index in [9.17, 15) is 4.79 Å². The molecule has 0 saturated heterocycles. The van der Waals surface area contributed by atoms with E-state index >= 15 is 0 Å². The van der Waals surface area contributed by atoms with E-state index in [2.05, 4.69) is 25.3 Å². The predicted octanol–water partition coefficient (Wildman–Crippen LogP) is 1.95. The number of carbonyl (C=O) groups is 1. The molecule has 1 saturated carbocycles. The zero-order valence-corrected chi connectivity index (χ0v) is 6.05. The van der Waals surface area contributed by atoms with E-state index < -0.39 is 0 Å². The van der Waals surface area contributed by atoms with Crippen LogP contribution in [0.5, 0.6) is 0 Å². The van der Waals surface area contributed by atoms with E-state index in [1.165, 1.54) is 0 Å². The van der Waals surface area contributed by atoms with Gasteiger partial charge in [0.25, 0.3) is 0 Å². The lowest BCUT2D eigenvalue weighted by Gasteiger charge is -1.96. The van der Waals surface area contributed by atoms with Crippen LogP contribution in [0.3, 0.4) is 0 Å². The summed E-state index contributed by atoms with van der Waals surface area (Å²) in [6.45, 7) is 6.00. The van der Waals surface area contributed by atoms with Gasteiger partial charge in [-0.3, -0.25) is 4.79 Å². The van der Waals surface area contributed by atoms with Gasteiger partial charge in [0.1, 0.15) is 5.78 Å². The van der Waals surface area contributed by atoms with E-state index in [1.54, 1.807) is 0 Å². The molecule has 2 bridgehead atoms. The van der Waals surface area contributed by atoms with Crippen LogP contribution in [0.1, 0.15) is 12.8 Å². The van der Waals surface area contributed by atoms with Gasteiger partial charge in [0.05, 0.1) is 0 Å². The number of hydrogen-bond acceptors (Lipinski definition) is 1. The first-order chi connectivity index (χ1) is 4.86. The van der Waals surface area contributed by atoms with Crippen LogP contribution in [0, 0.1) is 11.8 Å². The second-order valence-corrected chi connectivity index (χ2v) is 2.66. The molecule has 0 aliphatic heterocycles. The van der Waals surface area contributed by atoms with Crippen LogP contribution in [0.2, 0.25) is 0 Å². The average Bonchev–Trinajstić information content (AvgIpc) is 2.52. The summed E-state index contributed by atoms with van der Waals surface area (Å²) in [4.78, 5) is 10.8. The van der Waals surface area contributed by atoms with Crippen LogP contribution in [0.15, 0.2) is 25.3 Å². The lowest BCUT2D eigenvalue weighted by Crippen LogP contribution is -2.02. The van der Waals surface area contributed by atoms with Crippen molar-refractivity contribution in [3.8, 4) is 0 Å². The summed E-state index contributed by atoms with van der Waals surface area (Å²) in [6, 6.07) is 0. The third-order valence-electron chi connectivity index (χ3n) is 2.05. The number of hydrogen-bond donors (Lipinski definition) is 0. The number of carbonyl (C=O) groups excluding carboxylic acids is 1. The summed E-state index contributed by atoms with van der Waals surface area (Å²) in [5.74, 6) is 1.39. The highest BCUT2D eigenvalue weighted by atomic mass is 16.1. The quantitative estimate of drug-likeness (QED) is 0.465. The van der Waals surface area contributed by atoms with Gasteiger partial charge < -0.3 is 0 Å². The van der Waals surface area contributed by atoms with E-state index in [1.807, 2.05) is 0 Å². The molecule has 1 fully saturated rings. The molecule has 1 nitrogen and oxygen atoms in total. The minimum atomic E-state index is 0.319. The van der Waals surface area contributed by atoms with Crippen LogP contribution in [0.4, 0.5) is 0 Å². The topological polar surface area (TPSA) is 17.1 Å². The van der Waals surface area contributed by atoms with E-state index in [0.717, 1.165) is 12.8 Å². The van der Waals surface area contributed by atoms with Gasteiger partial charge in [0, 0.05) is 12.3 Å². The highest BCUT2D eigenvalue weighted by molar-refractivity contribution is 5.86. The molecule has 0 heterocycles. The Labute approximate surface area is 61.4 Å². The monoisotopic (exact) mass is 136 g/mol. The van der Waals surface area contributed by atoms with Crippen molar-refractivity contribution in [1.29, 1.82) is 0 Å². The Morgan fingerprint density at radius 3 is 2.30 bits per heavy atom. The Kier molecular flexibility index (Phi) is 2.05. The molecular weight excluding hydrogens is 124 g/mol. The van der Waals surface area contributed by atoms with Gasteiger partial charge in [-0.05, 0) is 12.3 Å². The minimum absolute atomic E-state index is 0.319. The first-order valence-corrected chi connectivity index (χ1v) is 3.57. The zero-order valence-electron chi connectivity index (χ0n) is 6.05. The first-order valence-electron chi connectivity index (χ1n) is 3.57. The Morgan fingerprint density at radius 2 is 2.10 bits per heavy atom. The molecule has 1 heteroatoms. The minimum Gasteiger partial charge on any atom is -0.299 e. The van der Waals surface area contributed by atoms with Crippen molar-refractivity contribution in [2.24, 2.45) is 11.8 Å². The van der Waals surface area contributed by atoms with Crippen molar-refractivity contribution < 1.29 is 4.79 Å². The van der Waals surface area contributed by atoms with Crippen molar-refractivity contribution >= 4 is 5.78 Å². The molecule has 2 aliphatic carbocycles. The fourth-order valence-corrected chi connectivity index (χ4v) is 1.57. The van der Waals surface area contributed by atoms with E-state index in [4.69, 9.17) is 0 Å².